The van der Waals surface area contributed by atoms with Crippen LogP contribution in [-0.4, -0.2) is 30.1 Å². The highest BCUT2D eigenvalue weighted by atomic mass is 16.4. The first-order valence-corrected chi connectivity index (χ1v) is 7.02. The van der Waals surface area contributed by atoms with Crippen LogP contribution in [-0.2, 0) is 9.59 Å². The van der Waals surface area contributed by atoms with Gasteiger partial charge in [0, 0.05) is 19.5 Å². The molecule has 0 spiro atoms. The van der Waals surface area contributed by atoms with E-state index in [-0.39, 0.29) is 23.7 Å². The molecule has 0 rings (SSSR count). The number of carboxylic acid groups (broad SMARTS) is 1. The Morgan fingerprint density at radius 3 is 2.42 bits per heavy atom. The highest BCUT2D eigenvalue weighted by molar-refractivity contribution is 5.78. The van der Waals surface area contributed by atoms with E-state index in [1.807, 2.05) is 20.8 Å². The van der Waals surface area contributed by atoms with Crippen molar-refractivity contribution in [1.29, 1.82) is 0 Å². The summed E-state index contributed by atoms with van der Waals surface area (Å²) in [6.45, 7) is 7.03. The number of nitrogens with one attached hydrogen (secondary N) is 1. The molecule has 1 amide bonds. The second-order valence-corrected chi connectivity index (χ2v) is 5.82. The van der Waals surface area contributed by atoms with Crippen molar-refractivity contribution < 1.29 is 14.7 Å². The van der Waals surface area contributed by atoms with E-state index in [4.69, 9.17) is 10.8 Å². The van der Waals surface area contributed by atoms with Gasteiger partial charge in [-0.3, -0.25) is 9.59 Å². The third kappa shape index (κ3) is 8.59. The van der Waals surface area contributed by atoms with Gasteiger partial charge >= 0.3 is 5.97 Å². The van der Waals surface area contributed by atoms with Crippen LogP contribution in [0.4, 0.5) is 0 Å². The van der Waals surface area contributed by atoms with Crippen molar-refractivity contribution in [2.45, 2.75) is 52.9 Å². The topological polar surface area (TPSA) is 92.4 Å². The van der Waals surface area contributed by atoms with Crippen LogP contribution in [0.1, 0.15) is 52.9 Å². The first kappa shape index (κ1) is 17.9. The molecule has 0 saturated heterocycles. The van der Waals surface area contributed by atoms with Gasteiger partial charge in [-0.2, -0.15) is 0 Å². The minimum absolute atomic E-state index is 0.0124. The maximum absolute atomic E-state index is 11.8. The average molecular weight is 272 g/mol. The summed E-state index contributed by atoms with van der Waals surface area (Å²) < 4.78 is 0. The second-order valence-electron chi connectivity index (χ2n) is 5.82. The predicted molar refractivity (Wildman–Crippen MR) is 75.7 cm³/mol. The van der Waals surface area contributed by atoms with Gasteiger partial charge in [-0.15, -0.1) is 0 Å². The summed E-state index contributed by atoms with van der Waals surface area (Å²) in [6.07, 6.45) is 3.31. The van der Waals surface area contributed by atoms with Gasteiger partial charge in [0.25, 0.3) is 0 Å². The van der Waals surface area contributed by atoms with E-state index in [9.17, 15) is 9.59 Å². The summed E-state index contributed by atoms with van der Waals surface area (Å²) in [5, 5.41) is 11.6. The fraction of sp³-hybridized carbons (Fsp3) is 0.857. The average Bonchev–Trinajstić information content (AvgIpc) is 2.33. The summed E-state index contributed by atoms with van der Waals surface area (Å²) in [4.78, 5) is 22.4. The van der Waals surface area contributed by atoms with Crippen LogP contribution in [0.2, 0.25) is 0 Å². The van der Waals surface area contributed by atoms with Crippen molar-refractivity contribution in [2.24, 2.45) is 17.1 Å². The van der Waals surface area contributed by atoms with Crippen LogP contribution in [0.25, 0.3) is 0 Å². The number of rotatable bonds is 10. The summed E-state index contributed by atoms with van der Waals surface area (Å²) in [6, 6.07) is 0. The molecule has 0 bridgehead atoms. The summed E-state index contributed by atoms with van der Waals surface area (Å²) in [5.41, 5.74) is 5.50. The highest BCUT2D eigenvalue weighted by Gasteiger charge is 2.20. The second kappa shape index (κ2) is 8.91. The fourth-order valence-electron chi connectivity index (χ4n) is 1.94. The van der Waals surface area contributed by atoms with Crippen LogP contribution >= 0.6 is 0 Å². The lowest BCUT2D eigenvalue weighted by Gasteiger charge is -2.24. The summed E-state index contributed by atoms with van der Waals surface area (Å²) in [5.74, 6) is -0.867. The van der Waals surface area contributed by atoms with E-state index in [0.717, 1.165) is 19.3 Å². The van der Waals surface area contributed by atoms with Crippen molar-refractivity contribution in [3.8, 4) is 0 Å². The Bertz CT molecular complexity index is 290. The largest absolute Gasteiger partial charge is 0.481 e. The Morgan fingerprint density at radius 1 is 1.32 bits per heavy atom. The van der Waals surface area contributed by atoms with E-state index in [0.29, 0.717) is 19.5 Å². The van der Waals surface area contributed by atoms with Gasteiger partial charge in [-0.25, -0.2) is 0 Å². The molecule has 4 N–H and O–H groups in total. The Balaban J connectivity index is 3.99. The molecule has 0 heterocycles. The molecule has 0 radical (unpaired) electrons. The lowest BCUT2D eigenvalue weighted by atomic mass is 9.84. The van der Waals surface area contributed by atoms with Crippen LogP contribution in [0.3, 0.4) is 0 Å². The standard InChI is InChI=1S/C14H28N2O3/c1-4-5-11(10-15)13(19)16-9-8-14(2,3)7-6-12(17)18/h11H,4-10,15H2,1-3H3,(H,16,19)(H,17,18). The monoisotopic (exact) mass is 272 g/mol. The van der Waals surface area contributed by atoms with Crippen LogP contribution < -0.4 is 11.1 Å². The third-order valence-electron chi connectivity index (χ3n) is 3.41. The lowest BCUT2D eigenvalue weighted by Crippen LogP contribution is -2.36. The van der Waals surface area contributed by atoms with E-state index >= 15 is 0 Å². The molecule has 0 aliphatic rings. The highest BCUT2D eigenvalue weighted by Crippen LogP contribution is 2.26. The number of hydrogen-bond donors (Lipinski definition) is 3. The molecule has 0 aliphatic heterocycles. The molecule has 0 saturated carbocycles. The zero-order chi connectivity index (χ0) is 14.9. The minimum atomic E-state index is -0.775. The van der Waals surface area contributed by atoms with Crippen LogP contribution in [0, 0.1) is 11.3 Å². The molecular formula is C14H28N2O3. The van der Waals surface area contributed by atoms with E-state index in [1.165, 1.54) is 0 Å². The van der Waals surface area contributed by atoms with Crippen molar-refractivity contribution in [3.63, 3.8) is 0 Å². The zero-order valence-corrected chi connectivity index (χ0v) is 12.4. The molecule has 0 fully saturated rings. The van der Waals surface area contributed by atoms with Gasteiger partial charge in [0.05, 0.1) is 5.92 Å². The Kier molecular flexibility index (Phi) is 8.39. The number of amides is 1. The first-order valence-electron chi connectivity index (χ1n) is 7.02. The molecule has 5 heteroatoms. The van der Waals surface area contributed by atoms with E-state index in [1.54, 1.807) is 0 Å². The molecule has 0 aromatic rings. The van der Waals surface area contributed by atoms with Gasteiger partial charge < -0.3 is 16.2 Å². The SMILES string of the molecule is CCCC(CN)C(=O)NCCC(C)(C)CCC(=O)O. The molecular weight excluding hydrogens is 244 g/mol. The normalized spacial score (nSPS) is 13.1. The van der Waals surface area contributed by atoms with Crippen molar-refractivity contribution in [2.75, 3.05) is 13.1 Å². The molecule has 112 valence electrons. The van der Waals surface area contributed by atoms with Crippen molar-refractivity contribution >= 4 is 11.9 Å². The Morgan fingerprint density at radius 2 is 1.95 bits per heavy atom. The third-order valence-corrected chi connectivity index (χ3v) is 3.41. The van der Waals surface area contributed by atoms with Crippen molar-refractivity contribution in [3.05, 3.63) is 0 Å². The molecule has 5 nitrogen and oxygen atoms in total. The first-order chi connectivity index (χ1) is 8.82. The summed E-state index contributed by atoms with van der Waals surface area (Å²) >= 11 is 0. The molecule has 0 aromatic carbocycles. The quantitative estimate of drug-likeness (QED) is 0.565. The lowest BCUT2D eigenvalue weighted by molar-refractivity contribution is -0.137. The van der Waals surface area contributed by atoms with Gasteiger partial charge in [0.15, 0.2) is 0 Å². The smallest absolute Gasteiger partial charge is 0.303 e. The number of aliphatic carboxylic acids is 1. The number of carbonyl (C=O) groups is 2. The molecule has 19 heavy (non-hydrogen) atoms. The Hall–Kier alpha value is -1.10. The minimum Gasteiger partial charge on any atom is -0.481 e. The Labute approximate surface area is 115 Å². The van der Waals surface area contributed by atoms with Crippen molar-refractivity contribution in [1.82, 2.24) is 5.32 Å². The van der Waals surface area contributed by atoms with E-state index in [2.05, 4.69) is 5.32 Å². The molecule has 0 aliphatic carbocycles. The summed E-state index contributed by atoms with van der Waals surface area (Å²) in [7, 11) is 0. The van der Waals surface area contributed by atoms with Gasteiger partial charge in [-0.1, -0.05) is 27.2 Å². The van der Waals surface area contributed by atoms with Crippen LogP contribution in [0.5, 0.6) is 0 Å². The molecule has 0 aromatic heterocycles. The number of carboxylic acids is 1. The van der Waals surface area contributed by atoms with Gasteiger partial charge in [0.1, 0.15) is 0 Å². The number of hydrogen-bond acceptors (Lipinski definition) is 3. The number of carbonyl (C=O) groups excluding carboxylic acids is 1. The fourth-order valence-corrected chi connectivity index (χ4v) is 1.94. The maximum Gasteiger partial charge on any atom is 0.303 e. The predicted octanol–water partition coefficient (Wildman–Crippen LogP) is 1.76. The van der Waals surface area contributed by atoms with E-state index < -0.39 is 5.97 Å². The van der Waals surface area contributed by atoms with Gasteiger partial charge in [0.2, 0.25) is 5.91 Å². The maximum atomic E-state index is 11.8. The number of nitrogens with two attached hydrogens (primary N) is 1. The van der Waals surface area contributed by atoms with Crippen LogP contribution in [0.15, 0.2) is 0 Å². The molecule has 1 unspecified atom stereocenters. The molecule has 1 atom stereocenters. The zero-order valence-electron chi connectivity index (χ0n) is 12.4. The van der Waals surface area contributed by atoms with Gasteiger partial charge in [-0.05, 0) is 24.7 Å².